The van der Waals surface area contributed by atoms with Crippen molar-refractivity contribution in [2.24, 2.45) is 7.05 Å². The van der Waals surface area contributed by atoms with Crippen molar-refractivity contribution in [2.75, 3.05) is 7.11 Å². The Kier molecular flexibility index (Phi) is 1.89. The molecule has 0 saturated heterocycles. The summed E-state index contributed by atoms with van der Waals surface area (Å²) in [7, 11) is 3.00. The number of hydrogen-bond donors (Lipinski definition) is 0. The maximum atomic E-state index is 10.9. The largest absolute Gasteiger partial charge is 0.480 e. The SMILES string of the molecule is COc1nc(=O)n(C)nc1C. The summed E-state index contributed by atoms with van der Waals surface area (Å²) in [6.07, 6.45) is 0. The van der Waals surface area contributed by atoms with E-state index in [1.807, 2.05) is 0 Å². The zero-order valence-corrected chi connectivity index (χ0v) is 6.66. The smallest absolute Gasteiger partial charge is 0.367 e. The molecule has 0 bridgehead atoms. The summed E-state index contributed by atoms with van der Waals surface area (Å²) in [6, 6.07) is 0. The molecule has 0 aliphatic carbocycles. The van der Waals surface area contributed by atoms with Crippen molar-refractivity contribution in [2.45, 2.75) is 6.92 Å². The van der Waals surface area contributed by atoms with E-state index in [4.69, 9.17) is 4.74 Å². The topological polar surface area (TPSA) is 57.0 Å². The summed E-state index contributed by atoms with van der Waals surface area (Å²) < 4.78 is 5.96. The zero-order valence-electron chi connectivity index (χ0n) is 6.66. The van der Waals surface area contributed by atoms with Gasteiger partial charge in [0.1, 0.15) is 5.69 Å². The number of rotatable bonds is 1. The molecule has 0 saturated carbocycles. The minimum Gasteiger partial charge on any atom is -0.480 e. The Labute approximate surface area is 63.6 Å². The number of hydrogen-bond acceptors (Lipinski definition) is 4. The highest BCUT2D eigenvalue weighted by atomic mass is 16.5. The van der Waals surface area contributed by atoms with Crippen LogP contribution in [0.25, 0.3) is 0 Å². The molecule has 5 nitrogen and oxygen atoms in total. The summed E-state index contributed by atoms with van der Waals surface area (Å²) in [5.74, 6) is 0.285. The minimum atomic E-state index is -0.410. The van der Waals surface area contributed by atoms with Crippen LogP contribution in [0.3, 0.4) is 0 Å². The molecule has 0 amide bonds. The van der Waals surface area contributed by atoms with Gasteiger partial charge in [0.05, 0.1) is 7.11 Å². The molecule has 0 aliphatic heterocycles. The number of ether oxygens (including phenoxy) is 1. The second-order valence-electron chi connectivity index (χ2n) is 2.11. The van der Waals surface area contributed by atoms with Crippen LogP contribution in [-0.4, -0.2) is 21.9 Å². The third kappa shape index (κ3) is 1.36. The van der Waals surface area contributed by atoms with Gasteiger partial charge in [0.2, 0.25) is 5.88 Å². The van der Waals surface area contributed by atoms with Gasteiger partial charge in [-0.2, -0.15) is 10.1 Å². The zero-order chi connectivity index (χ0) is 8.43. The van der Waals surface area contributed by atoms with Crippen molar-refractivity contribution in [3.05, 3.63) is 16.2 Å². The lowest BCUT2D eigenvalue weighted by Crippen LogP contribution is -2.23. The molecule has 1 heterocycles. The first-order valence-corrected chi connectivity index (χ1v) is 3.11. The maximum Gasteiger partial charge on any atom is 0.367 e. The molecule has 0 atom stereocenters. The molecule has 1 rings (SSSR count). The summed E-state index contributed by atoms with van der Waals surface area (Å²) in [5.41, 5.74) is 0.196. The van der Waals surface area contributed by atoms with Crippen molar-refractivity contribution in [3.8, 4) is 5.88 Å². The van der Waals surface area contributed by atoms with Crippen LogP contribution >= 0.6 is 0 Å². The lowest BCUT2D eigenvalue weighted by atomic mass is 10.5. The van der Waals surface area contributed by atoms with E-state index in [1.165, 1.54) is 7.11 Å². The number of aromatic nitrogens is 3. The number of nitrogens with zero attached hydrogens (tertiary/aromatic N) is 3. The molecule has 1 aromatic heterocycles. The van der Waals surface area contributed by atoms with Gasteiger partial charge >= 0.3 is 5.69 Å². The molecule has 11 heavy (non-hydrogen) atoms. The molecule has 5 heteroatoms. The van der Waals surface area contributed by atoms with Crippen molar-refractivity contribution in [1.29, 1.82) is 0 Å². The second kappa shape index (κ2) is 2.69. The summed E-state index contributed by atoms with van der Waals surface area (Å²) >= 11 is 0. The van der Waals surface area contributed by atoms with Gasteiger partial charge in [-0.05, 0) is 6.92 Å². The van der Waals surface area contributed by atoms with Crippen LogP contribution in [0.1, 0.15) is 5.69 Å². The molecule has 0 unspecified atom stereocenters. The molecular formula is C6H9N3O2. The third-order valence-electron chi connectivity index (χ3n) is 1.28. The maximum absolute atomic E-state index is 10.9. The molecule has 1 aromatic rings. The van der Waals surface area contributed by atoms with Crippen LogP contribution in [0.2, 0.25) is 0 Å². The van der Waals surface area contributed by atoms with E-state index in [9.17, 15) is 4.79 Å². The van der Waals surface area contributed by atoms with Gasteiger partial charge in [0.15, 0.2) is 0 Å². The lowest BCUT2D eigenvalue weighted by Gasteiger charge is -2.01. The molecule has 0 fully saturated rings. The Morgan fingerprint density at radius 1 is 1.55 bits per heavy atom. The van der Waals surface area contributed by atoms with Gasteiger partial charge in [-0.15, -0.1) is 0 Å². The molecule has 0 aliphatic rings. The fraction of sp³-hybridized carbons (Fsp3) is 0.500. The van der Waals surface area contributed by atoms with Gasteiger partial charge < -0.3 is 4.74 Å². The van der Waals surface area contributed by atoms with E-state index in [0.717, 1.165) is 4.68 Å². The quantitative estimate of drug-likeness (QED) is 0.548. The van der Waals surface area contributed by atoms with Gasteiger partial charge in [-0.1, -0.05) is 0 Å². The van der Waals surface area contributed by atoms with Crippen LogP contribution in [0.5, 0.6) is 5.88 Å². The molecule has 60 valence electrons. The van der Waals surface area contributed by atoms with E-state index >= 15 is 0 Å². The molecular weight excluding hydrogens is 146 g/mol. The van der Waals surface area contributed by atoms with E-state index in [2.05, 4.69) is 10.1 Å². The third-order valence-corrected chi connectivity index (χ3v) is 1.28. The van der Waals surface area contributed by atoms with Crippen LogP contribution < -0.4 is 10.4 Å². The minimum absolute atomic E-state index is 0.285. The van der Waals surface area contributed by atoms with E-state index in [1.54, 1.807) is 14.0 Å². The monoisotopic (exact) mass is 155 g/mol. The lowest BCUT2D eigenvalue weighted by molar-refractivity contribution is 0.381. The Bertz CT molecular complexity index is 318. The van der Waals surface area contributed by atoms with Gasteiger partial charge in [0.25, 0.3) is 0 Å². The van der Waals surface area contributed by atoms with Gasteiger partial charge in [-0.3, -0.25) is 0 Å². The Balaban J connectivity index is 3.32. The van der Waals surface area contributed by atoms with Gasteiger partial charge in [0, 0.05) is 7.05 Å². The van der Waals surface area contributed by atoms with Crippen molar-refractivity contribution in [1.82, 2.24) is 14.8 Å². The predicted molar refractivity (Wildman–Crippen MR) is 38.6 cm³/mol. The first-order chi connectivity index (χ1) is 5.15. The van der Waals surface area contributed by atoms with Crippen molar-refractivity contribution < 1.29 is 4.74 Å². The summed E-state index contributed by atoms with van der Waals surface area (Å²) in [4.78, 5) is 14.5. The Morgan fingerprint density at radius 2 is 2.18 bits per heavy atom. The normalized spacial score (nSPS) is 9.73. The average Bonchev–Trinajstić information content (AvgIpc) is 1.97. The molecule has 0 radical (unpaired) electrons. The molecule has 0 spiro atoms. The van der Waals surface area contributed by atoms with Crippen LogP contribution in [0.4, 0.5) is 0 Å². The van der Waals surface area contributed by atoms with Gasteiger partial charge in [-0.25, -0.2) is 9.48 Å². The number of methoxy groups -OCH3 is 1. The highest BCUT2D eigenvalue weighted by Crippen LogP contribution is 2.04. The highest BCUT2D eigenvalue weighted by molar-refractivity contribution is 5.12. The van der Waals surface area contributed by atoms with E-state index in [-0.39, 0.29) is 5.88 Å². The van der Waals surface area contributed by atoms with Crippen molar-refractivity contribution in [3.63, 3.8) is 0 Å². The summed E-state index contributed by atoms with van der Waals surface area (Å²) in [6.45, 7) is 1.73. The first-order valence-electron chi connectivity index (χ1n) is 3.11. The fourth-order valence-corrected chi connectivity index (χ4v) is 0.744. The second-order valence-corrected chi connectivity index (χ2v) is 2.11. The van der Waals surface area contributed by atoms with Crippen LogP contribution in [0, 0.1) is 6.92 Å². The van der Waals surface area contributed by atoms with Crippen LogP contribution in [0.15, 0.2) is 4.79 Å². The molecule has 0 N–H and O–H groups in total. The summed E-state index contributed by atoms with van der Waals surface area (Å²) in [5, 5.41) is 3.86. The Hall–Kier alpha value is -1.39. The molecule has 0 aromatic carbocycles. The van der Waals surface area contributed by atoms with E-state index in [0.29, 0.717) is 5.69 Å². The predicted octanol–water partition coefficient (Wildman–Crippen LogP) is -0.508. The fourth-order valence-electron chi connectivity index (χ4n) is 0.744. The number of aryl methyl sites for hydroxylation is 2. The van der Waals surface area contributed by atoms with E-state index < -0.39 is 5.69 Å². The average molecular weight is 155 g/mol. The Morgan fingerprint density at radius 3 is 2.73 bits per heavy atom. The van der Waals surface area contributed by atoms with Crippen molar-refractivity contribution >= 4 is 0 Å². The highest BCUT2D eigenvalue weighted by Gasteiger charge is 2.02. The van der Waals surface area contributed by atoms with Crippen LogP contribution in [-0.2, 0) is 7.05 Å². The standard InChI is InChI=1S/C6H9N3O2/c1-4-5(11-3)7-6(10)9(2)8-4/h1-3H3. The first kappa shape index (κ1) is 7.71.